The van der Waals surface area contributed by atoms with Gasteiger partial charge in [-0.05, 0) is 38.9 Å². The van der Waals surface area contributed by atoms with E-state index in [2.05, 4.69) is 10.6 Å². The maximum atomic E-state index is 12.3. The van der Waals surface area contributed by atoms with Crippen molar-refractivity contribution in [2.75, 3.05) is 19.3 Å². The zero-order chi connectivity index (χ0) is 15.9. The van der Waals surface area contributed by atoms with E-state index in [1.54, 1.807) is 11.8 Å². The summed E-state index contributed by atoms with van der Waals surface area (Å²) in [5.74, 6) is 0.109. The zero-order valence-electron chi connectivity index (χ0n) is 13.8. The summed E-state index contributed by atoms with van der Waals surface area (Å²) >= 11 is 1.56. The van der Waals surface area contributed by atoms with Crippen molar-refractivity contribution in [3.05, 3.63) is 0 Å². The van der Waals surface area contributed by atoms with Gasteiger partial charge in [0.15, 0.2) is 0 Å². The molecule has 5 nitrogen and oxygen atoms in total. The largest absolute Gasteiger partial charge is 0.352 e. The fraction of sp³-hybridized carbons (Fsp3) is 0.875. The lowest BCUT2D eigenvalue weighted by Gasteiger charge is -2.34. The summed E-state index contributed by atoms with van der Waals surface area (Å²) in [5, 5.41) is 6.25. The summed E-state index contributed by atoms with van der Waals surface area (Å²) in [5.41, 5.74) is 0. The Hall–Kier alpha value is -0.910. The monoisotopic (exact) mass is 327 g/mol. The minimum Gasteiger partial charge on any atom is -0.352 e. The first-order chi connectivity index (χ1) is 10.6. The molecule has 6 heteroatoms. The summed E-state index contributed by atoms with van der Waals surface area (Å²) in [7, 11) is 0. The lowest BCUT2D eigenvalue weighted by atomic mass is 9.95. The first-order valence-corrected chi connectivity index (χ1v) is 9.77. The molecule has 0 aromatic carbocycles. The first kappa shape index (κ1) is 17.4. The van der Waals surface area contributed by atoms with Crippen molar-refractivity contribution >= 4 is 23.7 Å². The van der Waals surface area contributed by atoms with E-state index in [9.17, 15) is 9.59 Å². The van der Waals surface area contributed by atoms with Crippen LogP contribution in [0.25, 0.3) is 0 Å². The molecule has 0 spiro atoms. The lowest BCUT2D eigenvalue weighted by molar-refractivity contribution is -0.121. The van der Waals surface area contributed by atoms with Gasteiger partial charge >= 0.3 is 6.03 Å². The van der Waals surface area contributed by atoms with Crippen molar-refractivity contribution in [1.29, 1.82) is 0 Å². The van der Waals surface area contributed by atoms with E-state index in [-0.39, 0.29) is 23.2 Å². The third-order valence-corrected chi connectivity index (χ3v) is 5.71. The molecule has 0 aromatic rings. The average Bonchev–Trinajstić information content (AvgIpc) is 2.55. The summed E-state index contributed by atoms with van der Waals surface area (Å²) in [6.45, 7) is 3.39. The third-order valence-electron chi connectivity index (χ3n) is 4.78. The normalized spacial score (nSPS) is 22.2. The number of hydrogen-bond acceptors (Lipinski definition) is 3. The van der Waals surface area contributed by atoms with Crippen molar-refractivity contribution in [2.45, 2.75) is 69.2 Å². The van der Waals surface area contributed by atoms with Crippen LogP contribution in [0.4, 0.5) is 4.79 Å². The number of likely N-dealkylation sites (tertiary alicyclic amines) is 1. The topological polar surface area (TPSA) is 61.4 Å². The summed E-state index contributed by atoms with van der Waals surface area (Å²) in [6.07, 6.45) is 9.64. The van der Waals surface area contributed by atoms with Gasteiger partial charge in [0.2, 0.25) is 5.91 Å². The van der Waals surface area contributed by atoms with Crippen LogP contribution >= 0.6 is 11.8 Å². The van der Waals surface area contributed by atoms with Gasteiger partial charge in [0.1, 0.15) is 0 Å². The van der Waals surface area contributed by atoms with Crippen LogP contribution in [0, 0.1) is 0 Å². The van der Waals surface area contributed by atoms with Crippen LogP contribution in [-0.4, -0.2) is 53.5 Å². The molecule has 0 radical (unpaired) electrons. The maximum Gasteiger partial charge on any atom is 0.317 e. The van der Waals surface area contributed by atoms with E-state index >= 15 is 0 Å². The highest BCUT2D eigenvalue weighted by atomic mass is 32.2. The molecule has 2 rings (SSSR count). The van der Waals surface area contributed by atoms with Crippen LogP contribution in [0.5, 0.6) is 0 Å². The number of hydrogen-bond donors (Lipinski definition) is 2. The molecule has 1 saturated carbocycles. The average molecular weight is 327 g/mol. The Kier molecular flexibility index (Phi) is 6.86. The van der Waals surface area contributed by atoms with Crippen molar-refractivity contribution in [3.8, 4) is 0 Å². The highest BCUT2D eigenvalue weighted by Gasteiger charge is 2.26. The molecule has 3 amide bonds. The van der Waals surface area contributed by atoms with E-state index in [0.717, 1.165) is 38.8 Å². The number of nitrogens with one attached hydrogen (secondary N) is 2. The SMILES string of the molecule is CSC(C)C(=O)NC1CCN(C(=O)NC2CCCCC2)CC1. The smallest absolute Gasteiger partial charge is 0.317 e. The lowest BCUT2D eigenvalue weighted by Crippen LogP contribution is -2.52. The van der Waals surface area contributed by atoms with Crippen molar-refractivity contribution in [1.82, 2.24) is 15.5 Å². The molecular weight excluding hydrogens is 298 g/mol. The number of thioether (sulfide) groups is 1. The fourth-order valence-electron chi connectivity index (χ4n) is 3.17. The van der Waals surface area contributed by atoms with Crippen LogP contribution in [0.2, 0.25) is 0 Å². The Labute approximate surface area is 138 Å². The molecule has 2 aliphatic rings. The molecule has 0 bridgehead atoms. The molecule has 22 heavy (non-hydrogen) atoms. The van der Waals surface area contributed by atoms with Crippen molar-refractivity contribution < 1.29 is 9.59 Å². The maximum absolute atomic E-state index is 12.3. The van der Waals surface area contributed by atoms with Gasteiger partial charge in [0, 0.05) is 25.2 Å². The van der Waals surface area contributed by atoms with E-state index in [1.807, 2.05) is 18.1 Å². The Balaban J connectivity index is 1.69. The molecule has 1 heterocycles. The molecule has 2 fully saturated rings. The van der Waals surface area contributed by atoms with Crippen molar-refractivity contribution in [2.24, 2.45) is 0 Å². The van der Waals surface area contributed by atoms with Gasteiger partial charge in [-0.15, -0.1) is 0 Å². The van der Waals surface area contributed by atoms with Gasteiger partial charge in [-0.25, -0.2) is 4.79 Å². The summed E-state index contributed by atoms with van der Waals surface area (Å²) in [6, 6.07) is 0.649. The predicted molar refractivity (Wildman–Crippen MR) is 91.1 cm³/mol. The van der Waals surface area contributed by atoms with E-state index in [4.69, 9.17) is 0 Å². The van der Waals surface area contributed by atoms with Crippen LogP contribution in [0.3, 0.4) is 0 Å². The Bertz CT molecular complexity index is 378. The second-order valence-corrected chi connectivity index (χ2v) is 7.61. The number of rotatable bonds is 4. The predicted octanol–water partition coefficient (Wildman–Crippen LogP) is 2.36. The minimum absolute atomic E-state index is 0.00682. The number of carbonyl (C=O) groups excluding carboxylic acids is 2. The molecule has 1 aliphatic heterocycles. The van der Waals surface area contributed by atoms with Crippen LogP contribution in [0.15, 0.2) is 0 Å². The van der Waals surface area contributed by atoms with E-state index in [0.29, 0.717) is 6.04 Å². The third kappa shape index (κ3) is 5.07. The molecule has 1 unspecified atom stereocenters. The molecule has 0 aromatic heterocycles. The van der Waals surface area contributed by atoms with Crippen LogP contribution in [0.1, 0.15) is 51.9 Å². The van der Waals surface area contributed by atoms with Gasteiger partial charge < -0.3 is 15.5 Å². The van der Waals surface area contributed by atoms with Crippen molar-refractivity contribution in [3.63, 3.8) is 0 Å². The molecule has 126 valence electrons. The van der Waals surface area contributed by atoms with Gasteiger partial charge in [-0.2, -0.15) is 11.8 Å². The second-order valence-electron chi connectivity index (χ2n) is 6.43. The highest BCUT2D eigenvalue weighted by Crippen LogP contribution is 2.18. The summed E-state index contributed by atoms with van der Waals surface area (Å²) in [4.78, 5) is 26.1. The minimum atomic E-state index is -0.00682. The van der Waals surface area contributed by atoms with Gasteiger partial charge in [0.05, 0.1) is 5.25 Å². The van der Waals surface area contributed by atoms with Gasteiger partial charge in [-0.3, -0.25) is 4.79 Å². The molecular formula is C16H29N3O2S. The Morgan fingerprint density at radius 2 is 1.59 bits per heavy atom. The molecule has 1 aliphatic carbocycles. The molecule has 1 atom stereocenters. The summed E-state index contributed by atoms with van der Waals surface area (Å²) < 4.78 is 0. The number of nitrogens with zero attached hydrogens (tertiary/aromatic N) is 1. The van der Waals surface area contributed by atoms with Crippen LogP contribution in [-0.2, 0) is 4.79 Å². The molecule has 1 saturated heterocycles. The van der Waals surface area contributed by atoms with Gasteiger partial charge in [0.25, 0.3) is 0 Å². The highest BCUT2D eigenvalue weighted by molar-refractivity contribution is 7.99. The number of carbonyl (C=O) groups is 2. The number of amides is 3. The van der Waals surface area contributed by atoms with E-state index in [1.165, 1.54) is 19.3 Å². The standard InChI is InChI=1S/C16H29N3O2S/c1-12(22-2)15(20)17-14-8-10-19(11-9-14)16(21)18-13-6-4-3-5-7-13/h12-14H,3-11H2,1-2H3,(H,17,20)(H,18,21). The number of piperidine rings is 1. The van der Waals surface area contributed by atoms with E-state index < -0.39 is 0 Å². The zero-order valence-corrected chi connectivity index (χ0v) is 14.6. The Morgan fingerprint density at radius 3 is 2.18 bits per heavy atom. The van der Waals surface area contributed by atoms with Crippen LogP contribution < -0.4 is 10.6 Å². The second kappa shape index (κ2) is 8.65. The molecule has 2 N–H and O–H groups in total. The quantitative estimate of drug-likeness (QED) is 0.833. The van der Waals surface area contributed by atoms with Gasteiger partial charge in [-0.1, -0.05) is 19.3 Å². The first-order valence-electron chi connectivity index (χ1n) is 8.48. The number of urea groups is 1. The fourth-order valence-corrected chi connectivity index (χ4v) is 3.45. The Morgan fingerprint density at radius 1 is 1.00 bits per heavy atom.